The smallest absolute Gasteiger partial charge is 0.206 e. The first-order valence-electron chi connectivity index (χ1n) is 3.48. The predicted octanol–water partition coefficient (Wildman–Crippen LogP) is 3.93. The molecule has 0 aromatic heterocycles. The summed E-state index contributed by atoms with van der Waals surface area (Å²) in [6, 6.07) is 0.622. The second kappa shape index (κ2) is 3.74. The van der Waals surface area contributed by atoms with Crippen LogP contribution in [0.25, 0.3) is 10.4 Å². The molecule has 3 nitrogen and oxygen atoms in total. The van der Waals surface area contributed by atoms with Crippen LogP contribution in [0.5, 0.6) is 0 Å². The largest absolute Gasteiger partial charge is 0.419 e. The summed E-state index contributed by atoms with van der Waals surface area (Å²) in [5.41, 5.74) is 4.95. The monoisotopic (exact) mass is 223 g/mol. The van der Waals surface area contributed by atoms with Gasteiger partial charge in [-0.05, 0) is 17.7 Å². The van der Waals surface area contributed by atoms with E-state index in [1.165, 1.54) is 0 Å². The summed E-state index contributed by atoms with van der Waals surface area (Å²) in [5.74, 6) is -3.27. The van der Waals surface area contributed by atoms with E-state index in [4.69, 9.17) is 5.53 Å². The van der Waals surface area contributed by atoms with Gasteiger partial charge in [-0.25, -0.2) is 8.78 Å². The fraction of sp³-hybridized carbons (Fsp3) is 0.143. The molecule has 0 heterocycles. The van der Waals surface area contributed by atoms with Gasteiger partial charge in [0.2, 0.25) is 0 Å². The number of azide groups is 1. The number of alkyl halides is 3. The van der Waals surface area contributed by atoms with E-state index in [9.17, 15) is 22.0 Å². The summed E-state index contributed by atoms with van der Waals surface area (Å²) in [6.07, 6.45) is -4.96. The molecule has 1 rings (SSSR count). The summed E-state index contributed by atoms with van der Waals surface area (Å²) in [4.78, 5) is 2.03. The number of hydrogen-bond acceptors (Lipinski definition) is 1. The van der Waals surface area contributed by atoms with Gasteiger partial charge in [0.05, 0.1) is 5.56 Å². The van der Waals surface area contributed by atoms with E-state index in [1.807, 2.05) is 4.91 Å². The van der Waals surface area contributed by atoms with Crippen molar-refractivity contribution in [3.8, 4) is 0 Å². The molecule has 0 aliphatic carbocycles. The van der Waals surface area contributed by atoms with Gasteiger partial charge < -0.3 is 0 Å². The van der Waals surface area contributed by atoms with E-state index in [0.717, 1.165) is 0 Å². The summed E-state index contributed by atoms with van der Waals surface area (Å²) >= 11 is 0. The van der Waals surface area contributed by atoms with Crippen LogP contribution >= 0.6 is 0 Å². The Morgan fingerprint density at radius 1 is 1.20 bits per heavy atom. The Morgan fingerprint density at radius 3 is 2.27 bits per heavy atom. The molecule has 0 amide bonds. The Kier molecular flexibility index (Phi) is 2.81. The van der Waals surface area contributed by atoms with Crippen molar-refractivity contribution in [1.82, 2.24) is 0 Å². The lowest BCUT2D eigenvalue weighted by Crippen LogP contribution is -2.08. The molecule has 0 saturated carbocycles. The van der Waals surface area contributed by atoms with Crippen LogP contribution in [-0.4, -0.2) is 0 Å². The minimum absolute atomic E-state index is 0.237. The fourth-order valence-corrected chi connectivity index (χ4v) is 0.896. The zero-order chi connectivity index (χ0) is 11.6. The van der Waals surface area contributed by atoms with E-state index in [2.05, 4.69) is 5.11 Å². The molecule has 0 bridgehead atoms. The molecular weight excluding hydrogens is 221 g/mol. The molecule has 0 aliphatic heterocycles. The highest BCUT2D eigenvalue weighted by atomic mass is 19.4. The topological polar surface area (TPSA) is 48.8 Å². The van der Waals surface area contributed by atoms with Gasteiger partial charge in [-0.3, -0.25) is 0 Å². The molecule has 15 heavy (non-hydrogen) atoms. The molecular formula is C7H2F5N3. The average molecular weight is 223 g/mol. The van der Waals surface area contributed by atoms with Gasteiger partial charge in [-0.2, -0.15) is 13.2 Å². The third kappa shape index (κ3) is 2.16. The van der Waals surface area contributed by atoms with Crippen molar-refractivity contribution < 1.29 is 22.0 Å². The highest BCUT2D eigenvalue weighted by Crippen LogP contribution is 2.36. The third-order valence-corrected chi connectivity index (χ3v) is 1.52. The Bertz CT molecular complexity index is 433. The molecule has 80 valence electrons. The van der Waals surface area contributed by atoms with Gasteiger partial charge in [0, 0.05) is 4.91 Å². The first-order chi connectivity index (χ1) is 6.88. The van der Waals surface area contributed by atoms with E-state index in [-0.39, 0.29) is 6.07 Å². The van der Waals surface area contributed by atoms with Crippen molar-refractivity contribution in [2.75, 3.05) is 0 Å². The van der Waals surface area contributed by atoms with Crippen LogP contribution in [0.15, 0.2) is 17.2 Å². The van der Waals surface area contributed by atoms with Crippen LogP contribution in [0.1, 0.15) is 5.56 Å². The number of nitrogens with zero attached hydrogens (tertiary/aromatic N) is 3. The van der Waals surface area contributed by atoms with Crippen molar-refractivity contribution in [2.45, 2.75) is 6.18 Å². The Balaban J connectivity index is 3.48. The number of hydrogen-bond donors (Lipinski definition) is 0. The van der Waals surface area contributed by atoms with Crippen LogP contribution in [0.4, 0.5) is 27.6 Å². The van der Waals surface area contributed by atoms with E-state index in [1.54, 1.807) is 0 Å². The molecule has 0 unspecified atom stereocenters. The quantitative estimate of drug-likeness (QED) is 0.300. The zero-order valence-electron chi connectivity index (χ0n) is 6.89. The maximum atomic E-state index is 13.0. The van der Waals surface area contributed by atoms with Crippen LogP contribution < -0.4 is 0 Å². The van der Waals surface area contributed by atoms with Crippen molar-refractivity contribution >= 4 is 5.69 Å². The molecule has 0 aliphatic rings. The Hall–Kier alpha value is -1.82. The van der Waals surface area contributed by atoms with E-state index < -0.39 is 29.1 Å². The summed E-state index contributed by atoms with van der Waals surface area (Å²) in [7, 11) is 0. The Labute approximate surface area is 79.8 Å². The van der Waals surface area contributed by atoms with Crippen molar-refractivity contribution in [3.63, 3.8) is 0 Å². The highest BCUT2D eigenvalue weighted by molar-refractivity contribution is 5.44. The minimum Gasteiger partial charge on any atom is -0.206 e. The maximum absolute atomic E-state index is 13.0. The van der Waals surface area contributed by atoms with Gasteiger partial charge >= 0.3 is 6.18 Å². The predicted molar refractivity (Wildman–Crippen MR) is 40.2 cm³/mol. The first kappa shape index (κ1) is 11.3. The summed E-state index contributed by atoms with van der Waals surface area (Å²) in [6.45, 7) is 0. The van der Waals surface area contributed by atoms with Crippen LogP contribution in [0, 0.1) is 11.6 Å². The summed E-state index contributed by atoms with van der Waals surface area (Å²) < 4.78 is 62.0. The van der Waals surface area contributed by atoms with Gasteiger partial charge in [0.25, 0.3) is 0 Å². The minimum atomic E-state index is -4.96. The molecule has 1 aromatic carbocycles. The molecule has 1 aromatic rings. The second-order valence-corrected chi connectivity index (χ2v) is 2.44. The lowest BCUT2D eigenvalue weighted by Gasteiger charge is -2.09. The van der Waals surface area contributed by atoms with Crippen LogP contribution in [-0.2, 0) is 6.18 Å². The molecule has 0 fully saturated rings. The zero-order valence-corrected chi connectivity index (χ0v) is 6.89. The van der Waals surface area contributed by atoms with Gasteiger partial charge in [0.15, 0.2) is 0 Å². The third-order valence-electron chi connectivity index (χ3n) is 1.52. The molecule has 0 spiro atoms. The number of halogens is 5. The lowest BCUT2D eigenvalue weighted by molar-refractivity contribution is -0.139. The Morgan fingerprint density at radius 2 is 1.80 bits per heavy atom. The van der Waals surface area contributed by atoms with E-state index >= 15 is 0 Å². The lowest BCUT2D eigenvalue weighted by atomic mass is 10.1. The first-order valence-corrected chi connectivity index (χ1v) is 3.48. The highest BCUT2D eigenvalue weighted by Gasteiger charge is 2.35. The SMILES string of the molecule is [N-]=[N+]=Nc1c(F)ccc(C(F)(F)F)c1F. The van der Waals surface area contributed by atoms with Crippen molar-refractivity contribution in [1.29, 1.82) is 0 Å². The standard InChI is InChI=1S/C7H2F5N3/c8-4-2-1-3(7(10,11)12)5(9)6(4)14-15-13/h1-2H. The fourth-order valence-electron chi connectivity index (χ4n) is 0.896. The van der Waals surface area contributed by atoms with Crippen molar-refractivity contribution in [2.24, 2.45) is 5.11 Å². The van der Waals surface area contributed by atoms with Gasteiger partial charge in [-0.1, -0.05) is 5.11 Å². The number of benzene rings is 1. The molecule has 0 atom stereocenters. The second-order valence-electron chi connectivity index (χ2n) is 2.44. The maximum Gasteiger partial charge on any atom is 0.419 e. The molecule has 8 heteroatoms. The normalized spacial score (nSPS) is 11.0. The van der Waals surface area contributed by atoms with Crippen molar-refractivity contribution in [3.05, 3.63) is 39.8 Å². The van der Waals surface area contributed by atoms with Crippen LogP contribution in [0.2, 0.25) is 0 Å². The number of rotatable bonds is 1. The van der Waals surface area contributed by atoms with Gasteiger partial charge in [-0.15, -0.1) is 0 Å². The molecule has 0 N–H and O–H groups in total. The van der Waals surface area contributed by atoms with Gasteiger partial charge in [0.1, 0.15) is 17.3 Å². The molecule has 0 saturated heterocycles. The van der Waals surface area contributed by atoms with E-state index in [0.29, 0.717) is 6.07 Å². The summed E-state index contributed by atoms with van der Waals surface area (Å²) in [5, 5.41) is 2.51. The average Bonchev–Trinajstić information content (AvgIpc) is 2.09. The molecule has 0 radical (unpaired) electrons. The van der Waals surface area contributed by atoms with Crippen LogP contribution in [0.3, 0.4) is 0 Å².